The first-order valence-electron chi connectivity index (χ1n) is 4.50. The van der Waals surface area contributed by atoms with Gasteiger partial charge in [0.1, 0.15) is 0 Å². The summed E-state index contributed by atoms with van der Waals surface area (Å²) in [6.07, 6.45) is -0.711. The molecule has 0 amide bonds. The Balaban J connectivity index is 2.57. The molecule has 0 aliphatic heterocycles. The summed E-state index contributed by atoms with van der Waals surface area (Å²) in [4.78, 5) is 0. The molecular weight excluding hydrogens is 216 g/mol. The van der Waals surface area contributed by atoms with Crippen LogP contribution in [0.3, 0.4) is 0 Å². The first-order valence-corrected chi connectivity index (χ1v) is 5.98. The lowest BCUT2D eigenvalue weighted by molar-refractivity contribution is 0.198. The molecule has 1 atom stereocenters. The van der Waals surface area contributed by atoms with E-state index in [0.29, 0.717) is 5.69 Å². The van der Waals surface area contributed by atoms with Gasteiger partial charge in [-0.15, -0.1) is 0 Å². The molecule has 5 nitrogen and oxygen atoms in total. The Kier molecular flexibility index (Phi) is 4.07. The SMILES string of the molecule is CC(O)CNS(=O)(=O)Nc1ccccc1. The summed E-state index contributed by atoms with van der Waals surface area (Å²) >= 11 is 0. The molecule has 0 aliphatic carbocycles. The van der Waals surface area contributed by atoms with Crippen molar-refractivity contribution in [3.8, 4) is 0 Å². The van der Waals surface area contributed by atoms with Gasteiger partial charge in [-0.25, -0.2) is 0 Å². The number of benzene rings is 1. The van der Waals surface area contributed by atoms with E-state index < -0.39 is 16.3 Å². The Morgan fingerprint density at radius 1 is 1.33 bits per heavy atom. The summed E-state index contributed by atoms with van der Waals surface area (Å²) < 4.78 is 27.3. The van der Waals surface area contributed by atoms with E-state index >= 15 is 0 Å². The molecular formula is C9H14N2O3S. The van der Waals surface area contributed by atoms with Crippen LogP contribution in [0, 0.1) is 0 Å². The van der Waals surface area contributed by atoms with Crippen LogP contribution < -0.4 is 9.44 Å². The van der Waals surface area contributed by atoms with E-state index in [1.54, 1.807) is 30.3 Å². The summed E-state index contributed by atoms with van der Waals surface area (Å²) in [5.74, 6) is 0. The van der Waals surface area contributed by atoms with Gasteiger partial charge >= 0.3 is 0 Å². The van der Waals surface area contributed by atoms with Crippen molar-refractivity contribution in [1.29, 1.82) is 0 Å². The first kappa shape index (κ1) is 12.0. The molecule has 0 aromatic heterocycles. The average molecular weight is 230 g/mol. The molecule has 0 saturated heterocycles. The van der Waals surface area contributed by atoms with Gasteiger partial charge in [0.15, 0.2) is 0 Å². The van der Waals surface area contributed by atoms with Crippen molar-refractivity contribution >= 4 is 15.9 Å². The minimum absolute atomic E-state index is 0.0117. The van der Waals surface area contributed by atoms with Crippen LogP contribution in [0.4, 0.5) is 5.69 Å². The molecule has 1 aromatic rings. The van der Waals surface area contributed by atoms with Gasteiger partial charge in [0.05, 0.1) is 6.10 Å². The molecule has 1 aromatic carbocycles. The van der Waals surface area contributed by atoms with E-state index in [9.17, 15) is 8.42 Å². The minimum atomic E-state index is -3.59. The van der Waals surface area contributed by atoms with Crippen LogP contribution >= 0.6 is 0 Å². The van der Waals surface area contributed by atoms with E-state index in [0.717, 1.165) is 0 Å². The molecule has 1 unspecified atom stereocenters. The maximum Gasteiger partial charge on any atom is 0.299 e. The summed E-state index contributed by atoms with van der Waals surface area (Å²) in [7, 11) is -3.59. The zero-order valence-corrected chi connectivity index (χ0v) is 9.16. The average Bonchev–Trinajstić information content (AvgIpc) is 2.16. The third kappa shape index (κ3) is 4.78. The number of hydrogen-bond acceptors (Lipinski definition) is 3. The third-order valence-corrected chi connectivity index (χ3v) is 2.65. The van der Waals surface area contributed by atoms with Crippen LogP contribution in [0.5, 0.6) is 0 Å². The molecule has 0 aliphatic rings. The Hall–Kier alpha value is -1.11. The Labute approximate surface area is 89.3 Å². The maximum absolute atomic E-state index is 11.4. The fourth-order valence-electron chi connectivity index (χ4n) is 0.928. The highest BCUT2D eigenvalue weighted by molar-refractivity contribution is 7.90. The standard InChI is InChI=1S/C9H14N2O3S/c1-8(12)7-10-15(13,14)11-9-5-3-2-4-6-9/h2-6,8,10-12H,7H2,1H3. The van der Waals surface area contributed by atoms with Crippen LogP contribution in [-0.2, 0) is 10.2 Å². The zero-order chi connectivity index (χ0) is 11.3. The highest BCUT2D eigenvalue weighted by atomic mass is 32.2. The third-order valence-electron chi connectivity index (χ3n) is 1.59. The number of rotatable bonds is 5. The lowest BCUT2D eigenvalue weighted by Crippen LogP contribution is -2.35. The predicted molar refractivity (Wildman–Crippen MR) is 58.7 cm³/mol. The summed E-state index contributed by atoms with van der Waals surface area (Å²) in [6, 6.07) is 8.53. The van der Waals surface area contributed by atoms with Crippen LogP contribution in [-0.4, -0.2) is 26.2 Å². The van der Waals surface area contributed by atoms with Gasteiger partial charge in [-0.3, -0.25) is 4.72 Å². The van der Waals surface area contributed by atoms with Crippen molar-refractivity contribution in [1.82, 2.24) is 4.72 Å². The molecule has 0 spiro atoms. The largest absolute Gasteiger partial charge is 0.392 e. The van der Waals surface area contributed by atoms with Gasteiger partial charge in [-0.1, -0.05) is 18.2 Å². The van der Waals surface area contributed by atoms with E-state index in [4.69, 9.17) is 5.11 Å². The first-order chi connectivity index (χ1) is 6.99. The van der Waals surface area contributed by atoms with Gasteiger partial charge in [-0.2, -0.15) is 13.1 Å². The van der Waals surface area contributed by atoms with Gasteiger partial charge in [0, 0.05) is 12.2 Å². The number of nitrogens with one attached hydrogen (secondary N) is 2. The van der Waals surface area contributed by atoms with Crippen molar-refractivity contribution in [2.45, 2.75) is 13.0 Å². The molecule has 0 heterocycles. The number of aliphatic hydroxyl groups excluding tert-OH is 1. The lowest BCUT2D eigenvalue weighted by atomic mass is 10.3. The van der Waals surface area contributed by atoms with Crippen molar-refractivity contribution in [3.63, 3.8) is 0 Å². The molecule has 3 N–H and O–H groups in total. The van der Waals surface area contributed by atoms with Crippen molar-refractivity contribution in [3.05, 3.63) is 30.3 Å². The van der Waals surface area contributed by atoms with Crippen molar-refractivity contribution < 1.29 is 13.5 Å². The molecule has 15 heavy (non-hydrogen) atoms. The van der Waals surface area contributed by atoms with Crippen molar-refractivity contribution in [2.24, 2.45) is 0 Å². The van der Waals surface area contributed by atoms with Crippen LogP contribution in [0.15, 0.2) is 30.3 Å². The second-order valence-electron chi connectivity index (χ2n) is 3.17. The normalized spacial score (nSPS) is 13.5. The summed E-state index contributed by atoms with van der Waals surface area (Å²) in [6.45, 7) is 1.49. The molecule has 6 heteroatoms. The molecule has 84 valence electrons. The molecule has 0 saturated carbocycles. The van der Waals surface area contributed by atoms with Gasteiger partial charge in [0.2, 0.25) is 0 Å². The number of aliphatic hydroxyl groups is 1. The van der Waals surface area contributed by atoms with Gasteiger partial charge in [0.25, 0.3) is 10.2 Å². The Morgan fingerprint density at radius 3 is 2.47 bits per heavy atom. The molecule has 0 radical (unpaired) electrons. The van der Waals surface area contributed by atoms with Crippen LogP contribution in [0.1, 0.15) is 6.92 Å². The minimum Gasteiger partial charge on any atom is -0.392 e. The van der Waals surface area contributed by atoms with E-state index in [1.165, 1.54) is 6.92 Å². The van der Waals surface area contributed by atoms with Crippen molar-refractivity contribution in [2.75, 3.05) is 11.3 Å². The van der Waals surface area contributed by atoms with Gasteiger partial charge < -0.3 is 5.11 Å². The Bertz CT molecular complexity index is 389. The molecule has 0 bridgehead atoms. The predicted octanol–water partition coefficient (Wildman–Crippen LogP) is 0.314. The Morgan fingerprint density at radius 2 is 1.93 bits per heavy atom. The number of para-hydroxylation sites is 1. The quantitative estimate of drug-likeness (QED) is 0.681. The number of anilines is 1. The second kappa shape index (κ2) is 5.11. The monoisotopic (exact) mass is 230 g/mol. The van der Waals surface area contributed by atoms with E-state index in [2.05, 4.69) is 9.44 Å². The lowest BCUT2D eigenvalue weighted by Gasteiger charge is -2.10. The van der Waals surface area contributed by atoms with Crippen LogP contribution in [0.2, 0.25) is 0 Å². The fraction of sp³-hybridized carbons (Fsp3) is 0.333. The zero-order valence-electron chi connectivity index (χ0n) is 8.34. The smallest absolute Gasteiger partial charge is 0.299 e. The maximum atomic E-state index is 11.4. The van der Waals surface area contributed by atoms with E-state index in [1.807, 2.05) is 0 Å². The topological polar surface area (TPSA) is 78.4 Å². The van der Waals surface area contributed by atoms with E-state index in [-0.39, 0.29) is 6.54 Å². The molecule has 0 fully saturated rings. The van der Waals surface area contributed by atoms with Gasteiger partial charge in [-0.05, 0) is 19.1 Å². The number of hydrogen-bond donors (Lipinski definition) is 3. The highest BCUT2D eigenvalue weighted by Crippen LogP contribution is 2.06. The van der Waals surface area contributed by atoms with Crippen LogP contribution in [0.25, 0.3) is 0 Å². The second-order valence-corrected chi connectivity index (χ2v) is 4.67. The summed E-state index contributed by atoms with van der Waals surface area (Å²) in [5.41, 5.74) is 0.482. The fourth-order valence-corrected chi connectivity index (χ4v) is 1.91. The molecule has 1 rings (SSSR count). The highest BCUT2D eigenvalue weighted by Gasteiger charge is 2.09. The summed E-state index contributed by atoms with van der Waals surface area (Å²) in [5, 5.41) is 8.93.